The van der Waals surface area contributed by atoms with Gasteiger partial charge in [-0.3, -0.25) is 4.99 Å². The van der Waals surface area contributed by atoms with Crippen molar-refractivity contribution in [3.63, 3.8) is 0 Å². The minimum atomic E-state index is -0.199. The normalized spacial score (nSPS) is 12.4. The van der Waals surface area contributed by atoms with Crippen molar-refractivity contribution in [2.24, 2.45) is 4.99 Å². The molecule has 0 aliphatic carbocycles. The third-order valence-corrected chi connectivity index (χ3v) is 3.86. The summed E-state index contributed by atoms with van der Waals surface area (Å²) in [4.78, 5) is 4.48. The Bertz CT molecular complexity index is 677. The van der Waals surface area contributed by atoms with E-state index in [-0.39, 0.29) is 35.8 Å². The van der Waals surface area contributed by atoms with Crippen LogP contribution in [0.2, 0.25) is 0 Å². The lowest BCUT2D eigenvalue weighted by atomic mass is 10.1. The summed E-state index contributed by atoms with van der Waals surface area (Å²) in [5, 5.41) is 6.58. The zero-order chi connectivity index (χ0) is 18.1. The predicted octanol–water partition coefficient (Wildman–Crippen LogP) is 3.83. The molecule has 0 radical (unpaired) electrons. The lowest BCUT2D eigenvalue weighted by Crippen LogP contribution is -2.40. The van der Waals surface area contributed by atoms with Gasteiger partial charge in [0.1, 0.15) is 11.6 Å². The third-order valence-electron chi connectivity index (χ3n) is 3.86. The number of hydrogen-bond donors (Lipinski definition) is 2. The summed E-state index contributed by atoms with van der Waals surface area (Å²) in [5.41, 5.74) is 1.51. The number of guanidine groups is 1. The van der Waals surface area contributed by atoms with E-state index >= 15 is 0 Å². The van der Waals surface area contributed by atoms with E-state index in [1.165, 1.54) is 0 Å². The summed E-state index contributed by atoms with van der Waals surface area (Å²) in [5.74, 6) is 1.38. The van der Waals surface area contributed by atoms with Crippen LogP contribution in [0, 0.1) is 12.7 Å². The SMILES string of the molecule is COCCN=C(NCCc1ccco1)NC(C)c1ccc(C)c(F)c1.I. The van der Waals surface area contributed by atoms with Crippen molar-refractivity contribution in [2.45, 2.75) is 26.3 Å². The Hall–Kier alpha value is -1.61. The quantitative estimate of drug-likeness (QED) is 0.264. The van der Waals surface area contributed by atoms with E-state index in [2.05, 4.69) is 15.6 Å². The number of hydrogen-bond acceptors (Lipinski definition) is 3. The van der Waals surface area contributed by atoms with Crippen molar-refractivity contribution in [2.75, 3.05) is 26.8 Å². The Labute approximate surface area is 171 Å². The standard InChI is InChI=1S/C19H26FN3O2.HI/c1-14-6-7-16(13-18(14)20)15(2)23-19(22-10-12-24-3)21-9-8-17-5-4-11-25-17;/h4-7,11,13,15H,8-10,12H2,1-3H3,(H2,21,22,23);1H. The molecule has 5 nitrogen and oxygen atoms in total. The first-order valence-electron chi connectivity index (χ1n) is 8.42. The molecule has 26 heavy (non-hydrogen) atoms. The molecular formula is C19H27FIN3O2. The van der Waals surface area contributed by atoms with E-state index in [4.69, 9.17) is 9.15 Å². The van der Waals surface area contributed by atoms with Gasteiger partial charge in [-0.25, -0.2) is 4.39 Å². The van der Waals surface area contributed by atoms with Gasteiger partial charge in [0, 0.05) is 20.1 Å². The lowest BCUT2D eigenvalue weighted by molar-refractivity contribution is 0.208. The molecule has 0 aliphatic heterocycles. The van der Waals surface area contributed by atoms with Crippen molar-refractivity contribution in [3.8, 4) is 0 Å². The second-order valence-corrected chi connectivity index (χ2v) is 5.85. The van der Waals surface area contributed by atoms with Gasteiger partial charge < -0.3 is 19.8 Å². The average molecular weight is 475 g/mol. The highest BCUT2D eigenvalue weighted by atomic mass is 127. The van der Waals surface area contributed by atoms with Gasteiger partial charge in [0.2, 0.25) is 0 Å². The molecule has 0 amide bonds. The van der Waals surface area contributed by atoms with Crippen LogP contribution < -0.4 is 10.6 Å². The van der Waals surface area contributed by atoms with E-state index in [0.717, 1.165) is 17.7 Å². The fourth-order valence-electron chi connectivity index (χ4n) is 2.33. The van der Waals surface area contributed by atoms with E-state index in [9.17, 15) is 4.39 Å². The van der Waals surface area contributed by atoms with Crippen LogP contribution in [0.15, 0.2) is 46.0 Å². The van der Waals surface area contributed by atoms with Crippen LogP contribution >= 0.6 is 24.0 Å². The van der Waals surface area contributed by atoms with Crippen LogP contribution in [-0.2, 0) is 11.2 Å². The predicted molar refractivity (Wildman–Crippen MR) is 113 cm³/mol. The fraction of sp³-hybridized carbons (Fsp3) is 0.421. The maximum atomic E-state index is 13.8. The molecular weight excluding hydrogens is 448 g/mol. The summed E-state index contributed by atoms with van der Waals surface area (Å²) in [6.07, 6.45) is 2.42. The molecule has 1 aromatic carbocycles. The molecule has 1 unspecified atom stereocenters. The Morgan fingerprint density at radius 3 is 2.81 bits per heavy atom. The van der Waals surface area contributed by atoms with Crippen molar-refractivity contribution in [1.82, 2.24) is 10.6 Å². The number of furan rings is 1. The van der Waals surface area contributed by atoms with Gasteiger partial charge in [-0.1, -0.05) is 12.1 Å². The van der Waals surface area contributed by atoms with Crippen molar-refractivity contribution >= 4 is 29.9 Å². The molecule has 2 N–H and O–H groups in total. The number of halogens is 2. The molecule has 144 valence electrons. The van der Waals surface area contributed by atoms with Crippen molar-refractivity contribution in [1.29, 1.82) is 0 Å². The number of benzene rings is 1. The summed E-state index contributed by atoms with van der Waals surface area (Å²) in [6, 6.07) is 9.00. The molecule has 2 aromatic rings. The van der Waals surface area contributed by atoms with Crippen molar-refractivity contribution < 1.29 is 13.5 Å². The Balaban J connectivity index is 0.00000338. The van der Waals surface area contributed by atoms with E-state index in [1.54, 1.807) is 32.4 Å². The number of aryl methyl sites for hydroxylation is 1. The molecule has 0 spiro atoms. The van der Waals surface area contributed by atoms with Gasteiger partial charge in [0.05, 0.1) is 25.5 Å². The van der Waals surface area contributed by atoms with Crippen LogP contribution in [0.25, 0.3) is 0 Å². The molecule has 1 heterocycles. The monoisotopic (exact) mass is 475 g/mol. The second kappa shape index (κ2) is 11.9. The summed E-state index contributed by atoms with van der Waals surface area (Å²) in [6.45, 7) is 5.50. The van der Waals surface area contributed by atoms with Crippen LogP contribution in [0.4, 0.5) is 4.39 Å². The van der Waals surface area contributed by atoms with Gasteiger partial charge in [-0.15, -0.1) is 24.0 Å². The first kappa shape index (κ1) is 22.4. The number of ether oxygens (including phenoxy) is 1. The summed E-state index contributed by atoms with van der Waals surface area (Å²) >= 11 is 0. The fourth-order valence-corrected chi connectivity index (χ4v) is 2.33. The zero-order valence-electron chi connectivity index (χ0n) is 15.4. The highest BCUT2D eigenvalue weighted by molar-refractivity contribution is 14.0. The number of rotatable bonds is 8. The summed E-state index contributed by atoms with van der Waals surface area (Å²) < 4.78 is 24.2. The first-order valence-corrected chi connectivity index (χ1v) is 8.42. The van der Waals surface area contributed by atoms with Crippen LogP contribution in [0.3, 0.4) is 0 Å². The maximum absolute atomic E-state index is 13.8. The van der Waals surface area contributed by atoms with E-state index in [1.807, 2.05) is 25.1 Å². The van der Waals surface area contributed by atoms with Gasteiger partial charge in [-0.05, 0) is 43.2 Å². The van der Waals surface area contributed by atoms with Gasteiger partial charge in [-0.2, -0.15) is 0 Å². The zero-order valence-corrected chi connectivity index (χ0v) is 17.8. The van der Waals surface area contributed by atoms with Crippen molar-refractivity contribution in [3.05, 3.63) is 59.3 Å². The highest BCUT2D eigenvalue weighted by Gasteiger charge is 2.10. The Morgan fingerprint density at radius 1 is 1.35 bits per heavy atom. The molecule has 0 bridgehead atoms. The number of aliphatic imine (C=N–C) groups is 1. The molecule has 2 rings (SSSR count). The average Bonchev–Trinajstić information content (AvgIpc) is 3.10. The van der Waals surface area contributed by atoms with Crippen LogP contribution in [0.5, 0.6) is 0 Å². The minimum Gasteiger partial charge on any atom is -0.469 e. The molecule has 0 saturated heterocycles. The molecule has 0 saturated carbocycles. The van der Waals surface area contributed by atoms with Gasteiger partial charge in [0.15, 0.2) is 5.96 Å². The molecule has 0 aliphatic rings. The molecule has 1 aromatic heterocycles. The number of nitrogens with one attached hydrogen (secondary N) is 2. The maximum Gasteiger partial charge on any atom is 0.191 e. The van der Waals surface area contributed by atoms with E-state index < -0.39 is 0 Å². The molecule has 7 heteroatoms. The second-order valence-electron chi connectivity index (χ2n) is 5.85. The largest absolute Gasteiger partial charge is 0.469 e. The topological polar surface area (TPSA) is 58.8 Å². The summed E-state index contributed by atoms with van der Waals surface area (Å²) in [7, 11) is 1.64. The van der Waals surface area contributed by atoms with Crippen LogP contribution in [-0.4, -0.2) is 32.8 Å². The minimum absolute atomic E-state index is 0. The Kier molecular flexibility index (Phi) is 10.3. The number of methoxy groups -OCH3 is 1. The first-order chi connectivity index (χ1) is 12.1. The Morgan fingerprint density at radius 2 is 2.15 bits per heavy atom. The molecule has 1 atom stereocenters. The smallest absolute Gasteiger partial charge is 0.191 e. The van der Waals surface area contributed by atoms with Gasteiger partial charge in [0.25, 0.3) is 0 Å². The van der Waals surface area contributed by atoms with Gasteiger partial charge >= 0.3 is 0 Å². The van der Waals surface area contributed by atoms with E-state index in [0.29, 0.717) is 31.2 Å². The molecule has 0 fully saturated rings. The third kappa shape index (κ3) is 7.33. The lowest BCUT2D eigenvalue weighted by Gasteiger charge is -2.19. The van der Waals surface area contributed by atoms with Crippen LogP contribution in [0.1, 0.15) is 29.9 Å². The number of nitrogens with zero attached hydrogens (tertiary/aromatic N) is 1. The highest BCUT2D eigenvalue weighted by Crippen LogP contribution is 2.16.